The van der Waals surface area contributed by atoms with Gasteiger partial charge in [0.2, 0.25) is 11.8 Å². The molecule has 0 bridgehead atoms. The molecule has 0 fully saturated rings. The lowest BCUT2D eigenvalue weighted by atomic mass is 10.1. The molecular weight excluding hydrogens is 296 g/mol. The van der Waals surface area contributed by atoms with Crippen LogP contribution in [-0.4, -0.2) is 35.2 Å². The quantitative estimate of drug-likeness (QED) is 0.873. The van der Waals surface area contributed by atoms with Crippen molar-refractivity contribution in [3.8, 4) is 5.88 Å². The number of amides is 2. The van der Waals surface area contributed by atoms with E-state index in [-0.39, 0.29) is 23.9 Å². The van der Waals surface area contributed by atoms with Crippen molar-refractivity contribution in [3.05, 3.63) is 41.1 Å². The number of aromatic nitrogens is 2. The molecule has 0 aliphatic carbocycles. The second kappa shape index (κ2) is 6.95. The summed E-state index contributed by atoms with van der Waals surface area (Å²) >= 11 is 0. The number of nitrogens with zero attached hydrogens (tertiary/aromatic N) is 2. The predicted octanol–water partition coefficient (Wildman–Crippen LogP) is 1.41. The Balaban J connectivity index is 1.94. The van der Waals surface area contributed by atoms with Crippen LogP contribution in [0, 0.1) is 13.8 Å². The van der Waals surface area contributed by atoms with Crippen LogP contribution >= 0.6 is 0 Å². The van der Waals surface area contributed by atoms with E-state index in [1.807, 2.05) is 32.0 Å². The molecule has 23 heavy (non-hydrogen) atoms. The summed E-state index contributed by atoms with van der Waals surface area (Å²) in [7, 11) is 3.12. The Kier molecular flexibility index (Phi) is 5.00. The van der Waals surface area contributed by atoms with Crippen LogP contribution in [0.15, 0.2) is 24.4 Å². The summed E-state index contributed by atoms with van der Waals surface area (Å²) in [5, 5.41) is 9.32. The van der Waals surface area contributed by atoms with Gasteiger partial charge in [0.1, 0.15) is 5.56 Å². The molecule has 0 saturated heterocycles. The van der Waals surface area contributed by atoms with Crippen molar-refractivity contribution in [3.63, 3.8) is 0 Å². The number of ether oxygens (including phenoxy) is 1. The van der Waals surface area contributed by atoms with Crippen LogP contribution in [0.1, 0.15) is 21.5 Å². The average molecular weight is 316 g/mol. The van der Waals surface area contributed by atoms with Crippen LogP contribution < -0.4 is 15.4 Å². The highest BCUT2D eigenvalue weighted by atomic mass is 16.5. The molecule has 2 aromatic rings. The third-order valence-corrected chi connectivity index (χ3v) is 3.30. The Bertz CT molecular complexity index is 737. The summed E-state index contributed by atoms with van der Waals surface area (Å²) in [6.45, 7) is 3.77. The molecule has 7 nitrogen and oxygen atoms in total. The molecule has 7 heteroatoms. The fourth-order valence-corrected chi connectivity index (χ4v) is 2.18. The maximum absolute atomic E-state index is 12.1. The molecule has 0 radical (unpaired) electrons. The van der Waals surface area contributed by atoms with Crippen LogP contribution in [0.25, 0.3) is 0 Å². The van der Waals surface area contributed by atoms with Gasteiger partial charge in [0.25, 0.3) is 5.91 Å². The van der Waals surface area contributed by atoms with Crippen LogP contribution in [0.5, 0.6) is 5.88 Å². The van der Waals surface area contributed by atoms with Gasteiger partial charge in [-0.1, -0.05) is 17.7 Å². The summed E-state index contributed by atoms with van der Waals surface area (Å²) in [5.41, 5.74) is 3.11. The molecule has 2 rings (SSSR count). The van der Waals surface area contributed by atoms with Crippen LogP contribution in [-0.2, 0) is 11.8 Å². The second-order valence-electron chi connectivity index (χ2n) is 5.27. The SMILES string of the molecule is COc1nn(C)cc1C(=O)NCC(=O)Nc1ccc(C)cc1C. The molecule has 1 heterocycles. The van der Waals surface area contributed by atoms with E-state index in [4.69, 9.17) is 4.74 Å². The fourth-order valence-electron chi connectivity index (χ4n) is 2.18. The van der Waals surface area contributed by atoms with E-state index in [2.05, 4.69) is 15.7 Å². The summed E-state index contributed by atoms with van der Waals surface area (Å²) in [6, 6.07) is 5.74. The van der Waals surface area contributed by atoms with E-state index in [9.17, 15) is 9.59 Å². The van der Waals surface area contributed by atoms with Gasteiger partial charge in [0, 0.05) is 18.9 Å². The van der Waals surface area contributed by atoms with E-state index >= 15 is 0 Å². The third-order valence-electron chi connectivity index (χ3n) is 3.30. The standard InChI is InChI=1S/C16H20N4O3/c1-10-5-6-13(11(2)7-10)18-14(21)8-17-15(22)12-9-20(3)19-16(12)23-4/h5-7,9H,8H2,1-4H3,(H,17,22)(H,18,21). The predicted molar refractivity (Wildman–Crippen MR) is 86.6 cm³/mol. The van der Waals surface area contributed by atoms with Crippen LogP contribution in [0.2, 0.25) is 0 Å². The monoisotopic (exact) mass is 316 g/mol. The lowest BCUT2D eigenvalue weighted by Crippen LogP contribution is -2.33. The highest BCUT2D eigenvalue weighted by Gasteiger charge is 2.17. The third kappa shape index (κ3) is 4.09. The molecule has 0 aliphatic rings. The minimum absolute atomic E-state index is 0.135. The summed E-state index contributed by atoms with van der Waals surface area (Å²) in [6.07, 6.45) is 1.54. The van der Waals surface area contributed by atoms with Crippen molar-refractivity contribution in [2.75, 3.05) is 19.0 Å². The highest BCUT2D eigenvalue weighted by Crippen LogP contribution is 2.16. The molecule has 0 spiro atoms. The van der Waals surface area contributed by atoms with Crippen molar-refractivity contribution in [1.29, 1.82) is 0 Å². The summed E-state index contributed by atoms with van der Waals surface area (Å²) in [5.74, 6) is -0.487. The molecule has 2 amide bonds. The minimum Gasteiger partial charge on any atom is -0.479 e. The first-order valence-electron chi connectivity index (χ1n) is 7.13. The summed E-state index contributed by atoms with van der Waals surface area (Å²) in [4.78, 5) is 24.0. The first kappa shape index (κ1) is 16.5. The van der Waals surface area contributed by atoms with Crippen molar-refractivity contribution in [2.24, 2.45) is 7.05 Å². The van der Waals surface area contributed by atoms with Gasteiger partial charge < -0.3 is 15.4 Å². The fraction of sp³-hybridized carbons (Fsp3) is 0.312. The van der Waals surface area contributed by atoms with Gasteiger partial charge in [-0.25, -0.2) is 0 Å². The topological polar surface area (TPSA) is 85.2 Å². The van der Waals surface area contributed by atoms with E-state index in [1.165, 1.54) is 18.0 Å². The van der Waals surface area contributed by atoms with Crippen molar-refractivity contribution in [1.82, 2.24) is 15.1 Å². The number of nitrogens with one attached hydrogen (secondary N) is 2. The molecule has 122 valence electrons. The number of rotatable bonds is 5. The highest BCUT2D eigenvalue weighted by molar-refractivity contribution is 6.00. The molecule has 1 aromatic heterocycles. The molecule has 2 N–H and O–H groups in total. The van der Waals surface area contributed by atoms with E-state index in [0.717, 1.165) is 16.8 Å². The van der Waals surface area contributed by atoms with E-state index < -0.39 is 5.91 Å². The largest absolute Gasteiger partial charge is 0.479 e. The Morgan fingerprint density at radius 1 is 1.30 bits per heavy atom. The number of benzene rings is 1. The number of carbonyl (C=O) groups excluding carboxylic acids is 2. The Morgan fingerprint density at radius 3 is 2.70 bits per heavy atom. The average Bonchev–Trinajstić information content (AvgIpc) is 2.89. The molecule has 0 aliphatic heterocycles. The lowest BCUT2D eigenvalue weighted by Gasteiger charge is -2.09. The molecule has 0 atom stereocenters. The number of carbonyl (C=O) groups is 2. The number of aryl methyl sites for hydroxylation is 3. The van der Waals surface area contributed by atoms with Gasteiger partial charge in [0.15, 0.2) is 0 Å². The zero-order chi connectivity index (χ0) is 17.0. The number of methoxy groups -OCH3 is 1. The van der Waals surface area contributed by atoms with Crippen LogP contribution in [0.3, 0.4) is 0 Å². The Morgan fingerprint density at radius 2 is 2.04 bits per heavy atom. The van der Waals surface area contributed by atoms with Crippen LogP contribution in [0.4, 0.5) is 5.69 Å². The van der Waals surface area contributed by atoms with Crippen molar-refractivity contribution < 1.29 is 14.3 Å². The smallest absolute Gasteiger partial charge is 0.258 e. The number of hydrogen-bond acceptors (Lipinski definition) is 4. The lowest BCUT2D eigenvalue weighted by molar-refractivity contribution is -0.115. The first-order chi connectivity index (χ1) is 10.9. The van der Waals surface area contributed by atoms with Crippen molar-refractivity contribution in [2.45, 2.75) is 13.8 Å². The van der Waals surface area contributed by atoms with E-state index in [1.54, 1.807) is 7.05 Å². The zero-order valence-electron chi connectivity index (χ0n) is 13.6. The Hall–Kier alpha value is -2.83. The van der Waals surface area contributed by atoms with Gasteiger partial charge in [-0.2, -0.15) is 0 Å². The molecule has 0 saturated carbocycles. The van der Waals surface area contributed by atoms with Gasteiger partial charge in [-0.05, 0) is 25.5 Å². The maximum atomic E-state index is 12.1. The van der Waals surface area contributed by atoms with E-state index in [0.29, 0.717) is 0 Å². The molecule has 1 aromatic carbocycles. The maximum Gasteiger partial charge on any atom is 0.258 e. The van der Waals surface area contributed by atoms with Gasteiger partial charge in [-0.15, -0.1) is 5.10 Å². The molecule has 0 unspecified atom stereocenters. The second-order valence-corrected chi connectivity index (χ2v) is 5.27. The Labute approximate surface area is 134 Å². The number of hydrogen-bond donors (Lipinski definition) is 2. The van der Waals surface area contributed by atoms with Gasteiger partial charge in [-0.3, -0.25) is 14.3 Å². The number of anilines is 1. The minimum atomic E-state index is -0.411. The van der Waals surface area contributed by atoms with Gasteiger partial charge >= 0.3 is 0 Å². The van der Waals surface area contributed by atoms with Crippen molar-refractivity contribution >= 4 is 17.5 Å². The van der Waals surface area contributed by atoms with Gasteiger partial charge in [0.05, 0.1) is 13.7 Å². The zero-order valence-corrected chi connectivity index (χ0v) is 13.6. The summed E-state index contributed by atoms with van der Waals surface area (Å²) < 4.78 is 6.50. The first-order valence-corrected chi connectivity index (χ1v) is 7.13. The molecular formula is C16H20N4O3. The normalized spacial score (nSPS) is 10.3.